The van der Waals surface area contributed by atoms with Gasteiger partial charge in [0.1, 0.15) is 17.7 Å². The minimum absolute atomic E-state index is 0.145. The van der Waals surface area contributed by atoms with E-state index in [2.05, 4.69) is 33.7 Å². The van der Waals surface area contributed by atoms with Crippen LogP contribution in [0.1, 0.15) is 16.7 Å². The van der Waals surface area contributed by atoms with Crippen LogP contribution in [0.4, 0.5) is 4.39 Å². The predicted octanol–water partition coefficient (Wildman–Crippen LogP) is 2.34. The molecule has 1 amide bonds. The smallest absolute Gasteiger partial charge is 0.269 e. The van der Waals surface area contributed by atoms with E-state index in [4.69, 9.17) is 0 Å². The molecule has 0 bridgehead atoms. The van der Waals surface area contributed by atoms with Crippen molar-refractivity contribution in [2.45, 2.75) is 25.2 Å². The lowest BCUT2D eigenvalue weighted by Crippen LogP contribution is -2.43. The van der Waals surface area contributed by atoms with Gasteiger partial charge in [-0.25, -0.2) is 4.39 Å². The molecule has 0 aliphatic carbocycles. The molecule has 0 saturated carbocycles. The van der Waals surface area contributed by atoms with E-state index in [9.17, 15) is 14.3 Å². The quantitative estimate of drug-likeness (QED) is 0.636. The molecule has 0 fully saturated rings. The number of amides is 1. The topological polar surface area (TPSA) is 67.8 Å². The van der Waals surface area contributed by atoms with Gasteiger partial charge in [0.05, 0.1) is 6.10 Å². The van der Waals surface area contributed by atoms with E-state index in [-0.39, 0.29) is 24.4 Å². The molecule has 3 heterocycles. The van der Waals surface area contributed by atoms with Crippen molar-refractivity contribution in [3.8, 4) is 0 Å². The number of hydrogen-bond acceptors (Lipinski definition) is 5. The molecule has 6 nitrogen and oxygen atoms in total. The van der Waals surface area contributed by atoms with Crippen LogP contribution in [0.2, 0.25) is 0 Å². The number of nitrogens with one attached hydrogen (secondary N) is 2. The Hall–Kier alpha value is -3.42. The Kier molecular flexibility index (Phi) is 5.98. The lowest BCUT2D eigenvalue weighted by Gasteiger charge is -2.30. The first kappa shape index (κ1) is 21.4. The molecule has 3 aliphatic rings. The van der Waals surface area contributed by atoms with Crippen molar-refractivity contribution in [3.05, 3.63) is 101 Å². The molecule has 0 spiro atoms. The zero-order chi connectivity index (χ0) is 22.8. The van der Waals surface area contributed by atoms with Crippen molar-refractivity contribution in [2.24, 2.45) is 0 Å². The average Bonchev–Trinajstić information content (AvgIpc) is 3.26. The van der Waals surface area contributed by atoms with Crippen molar-refractivity contribution in [1.29, 1.82) is 0 Å². The number of allylic oxidation sites excluding steroid dienone is 2. The van der Waals surface area contributed by atoms with Crippen LogP contribution >= 0.6 is 0 Å². The highest BCUT2D eigenvalue weighted by atomic mass is 19.1. The van der Waals surface area contributed by atoms with Crippen LogP contribution in [0.5, 0.6) is 0 Å². The highest BCUT2D eigenvalue weighted by molar-refractivity contribution is 5.93. The Morgan fingerprint density at radius 1 is 1.15 bits per heavy atom. The summed E-state index contributed by atoms with van der Waals surface area (Å²) in [5, 5.41) is 16.5. The van der Waals surface area contributed by atoms with Crippen LogP contribution in [-0.4, -0.2) is 52.7 Å². The Morgan fingerprint density at radius 3 is 2.76 bits per heavy atom. The SMILES string of the molecule is O=C(NCC(O)CN1CCc2ccccc2C1)C1=CN2C=C(c3ccc(F)cc3)C=CC2N1. The molecule has 0 aromatic heterocycles. The Balaban J connectivity index is 1.14. The highest BCUT2D eigenvalue weighted by Crippen LogP contribution is 2.26. The number of nitrogens with zero attached hydrogens (tertiary/aromatic N) is 2. The minimum Gasteiger partial charge on any atom is -0.390 e. The van der Waals surface area contributed by atoms with Gasteiger partial charge in [-0.05, 0) is 46.9 Å². The lowest BCUT2D eigenvalue weighted by atomic mass is 10.00. The second-order valence-electron chi connectivity index (χ2n) is 8.65. The van der Waals surface area contributed by atoms with Gasteiger partial charge in [0.25, 0.3) is 5.91 Å². The summed E-state index contributed by atoms with van der Waals surface area (Å²) in [7, 11) is 0. The summed E-state index contributed by atoms with van der Waals surface area (Å²) in [4.78, 5) is 16.8. The van der Waals surface area contributed by atoms with Crippen molar-refractivity contribution >= 4 is 11.5 Å². The maximum atomic E-state index is 13.2. The van der Waals surface area contributed by atoms with Gasteiger partial charge in [-0.15, -0.1) is 0 Å². The molecule has 2 aromatic rings. The van der Waals surface area contributed by atoms with Crippen molar-refractivity contribution in [1.82, 2.24) is 20.4 Å². The number of carbonyl (C=O) groups excluding carboxylic acids is 1. The number of β-amino-alcohol motifs (C(OH)–C–C–N with tert-alkyl or cyclic N) is 1. The minimum atomic E-state index is -0.645. The third-order valence-electron chi connectivity index (χ3n) is 6.25. The molecule has 2 unspecified atom stereocenters. The van der Waals surface area contributed by atoms with Crippen LogP contribution in [0.3, 0.4) is 0 Å². The average molecular weight is 447 g/mol. The number of fused-ring (bicyclic) bond motifs is 2. The maximum Gasteiger partial charge on any atom is 0.269 e. The van der Waals surface area contributed by atoms with Gasteiger partial charge in [0.2, 0.25) is 0 Å². The number of hydrogen-bond donors (Lipinski definition) is 3. The predicted molar refractivity (Wildman–Crippen MR) is 125 cm³/mol. The second kappa shape index (κ2) is 9.21. The molecule has 3 N–H and O–H groups in total. The molecule has 0 radical (unpaired) electrons. The van der Waals surface area contributed by atoms with E-state index < -0.39 is 6.10 Å². The summed E-state index contributed by atoms with van der Waals surface area (Å²) in [6, 6.07) is 14.7. The molecule has 2 atom stereocenters. The number of aliphatic hydroxyl groups is 1. The van der Waals surface area contributed by atoms with Crippen LogP contribution < -0.4 is 10.6 Å². The zero-order valence-electron chi connectivity index (χ0n) is 18.2. The van der Waals surface area contributed by atoms with E-state index in [0.29, 0.717) is 12.2 Å². The number of carbonyl (C=O) groups is 1. The van der Waals surface area contributed by atoms with Crippen LogP contribution in [-0.2, 0) is 17.8 Å². The van der Waals surface area contributed by atoms with E-state index in [1.165, 1.54) is 23.3 Å². The molecule has 0 saturated heterocycles. The van der Waals surface area contributed by atoms with Gasteiger partial charge < -0.3 is 20.6 Å². The molecule has 7 heteroatoms. The largest absolute Gasteiger partial charge is 0.390 e. The Morgan fingerprint density at radius 2 is 1.94 bits per heavy atom. The summed E-state index contributed by atoms with van der Waals surface area (Å²) < 4.78 is 13.2. The fourth-order valence-electron chi connectivity index (χ4n) is 4.48. The van der Waals surface area contributed by atoms with Crippen LogP contribution in [0.15, 0.2) is 78.8 Å². The maximum absolute atomic E-state index is 13.2. The summed E-state index contributed by atoms with van der Waals surface area (Å²) in [5.41, 5.74) is 4.96. The molecule has 5 rings (SSSR count). The molecule has 170 valence electrons. The first-order valence-electron chi connectivity index (χ1n) is 11.2. The number of aliphatic hydroxyl groups excluding tert-OH is 1. The second-order valence-corrected chi connectivity index (χ2v) is 8.65. The summed E-state index contributed by atoms with van der Waals surface area (Å²) in [6.45, 7) is 2.43. The van der Waals surface area contributed by atoms with Gasteiger partial charge in [-0.2, -0.15) is 0 Å². The fraction of sp³-hybridized carbons (Fsp3) is 0.269. The van der Waals surface area contributed by atoms with Gasteiger partial charge in [0, 0.05) is 38.6 Å². The number of benzene rings is 2. The van der Waals surface area contributed by atoms with Crippen LogP contribution in [0, 0.1) is 5.82 Å². The summed E-state index contributed by atoms with van der Waals surface area (Å²) >= 11 is 0. The van der Waals surface area contributed by atoms with Gasteiger partial charge in [0.15, 0.2) is 0 Å². The molecular formula is C26H27FN4O2. The number of halogens is 1. The van der Waals surface area contributed by atoms with Gasteiger partial charge in [-0.1, -0.05) is 42.5 Å². The van der Waals surface area contributed by atoms with Gasteiger partial charge >= 0.3 is 0 Å². The molecule has 2 aromatic carbocycles. The Bertz CT molecular complexity index is 1130. The molecule has 33 heavy (non-hydrogen) atoms. The normalized spacial score (nSPS) is 20.3. The standard InChI is InChI=1S/C26H27FN4O2/c27-22-8-5-19(6-9-22)21-7-10-25-29-24(17-31(25)15-21)26(33)28-13-23(32)16-30-12-11-18-3-1-2-4-20(18)14-30/h1-10,15,17,23,25,29,32H,11-14,16H2,(H,28,33). The highest BCUT2D eigenvalue weighted by Gasteiger charge is 2.27. The van der Waals surface area contributed by atoms with E-state index in [1.807, 2.05) is 29.3 Å². The van der Waals surface area contributed by atoms with E-state index in [1.54, 1.807) is 18.3 Å². The first-order chi connectivity index (χ1) is 16.0. The number of rotatable bonds is 6. The lowest BCUT2D eigenvalue weighted by molar-refractivity contribution is -0.118. The third kappa shape index (κ3) is 4.84. The summed E-state index contributed by atoms with van der Waals surface area (Å²) in [6.07, 6.45) is 7.77. The van der Waals surface area contributed by atoms with Crippen molar-refractivity contribution in [2.75, 3.05) is 19.6 Å². The monoisotopic (exact) mass is 446 g/mol. The molecule has 3 aliphatic heterocycles. The summed E-state index contributed by atoms with van der Waals surface area (Å²) in [5.74, 6) is -0.524. The van der Waals surface area contributed by atoms with Crippen LogP contribution in [0.25, 0.3) is 5.57 Å². The molecular weight excluding hydrogens is 419 g/mol. The fourth-order valence-corrected chi connectivity index (χ4v) is 4.48. The van der Waals surface area contributed by atoms with E-state index >= 15 is 0 Å². The Labute approximate surface area is 192 Å². The van der Waals surface area contributed by atoms with E-state index in [0.717, 1.165) is 30.6 Å². The van der Waals surface area contributed by atoms with Crippen molar-refractivity contribution in [3.63, 3.8) is 0 Å². The third-order valence-corrected chi connectivity index (χ3v) is 6.25. The van der Waals surface area contributed by atoms with Crippen molar-refractivity contribution < 1.29 is 14.3 Å². The van der Waals surface area contributed by atoms with Gasteiger partial charge in [-0.3, -0.25) is 9.69 Å². The first-order valence-corrected chi connectivity index (χ1v) is 11.2. The zero-order valence-corrected chi connectivity index (χ0v) is 18.2.